The predicted molar refractivity (Wildman–Crippen MR) is 105 cm³/mol. The molecule has 5 rings (SSSR count). The maximum atomic E-state index is 5.91. The number of benzene rings is 2. The van der Waals surface area contributed by atoms with Crippen LogP contribution in [0.1, 0.15) is 17.1 Å². The van der Waals surface area contributed by atoms with E-state index in [9.17, 15) is 0 Å². The van der Waals surface area contributed by atoms with Gasteiger partial charge in [-0.3, -0.25) is 4.57 Å². The van der Waals surface area contributed by atoms with Crippen molar-refractivity contribution in [2.24, 2.45) is 0 Å². The van der Waals surface area contributed by atoms with Gasteiger partial charge in [-0.05, 0) is 47.1 Å². The zero-order chi connectivity index (χ0) is 18.4. The quantitative estimate of drug-likeness (QED) is 0.439. The number of aryl methyl sites for hydroxylation is 1. The van der Waals surface area contributed by atoms with Gasteiger partial charge in [0.1, 0.15) is 23.3 Å². The van der Waals surface area contributed by atoms with Gasteiger partial charge in [-0.15, -0.1) is 10.2 Å². The maximum absolute atomic E-state index is 5.91. The van der Waals surface area contributed by atoms with Crippen molar-refractivity contribution in [3.63, 3.8) is 0 Å². The summed E-state index contributed by atoms with van der Waals surface area (Å²) in [6.07, 6.45) is 1.84. The van der Waals surface area contributed by atoms with Gasteiger partial charge in [0.2, 0.25) is 0 Å². The van der Waals surface area contributed by atoms with E-state index in [1.54, 1.807) is 0 Å². The molecule has 4 aromatic rings. The third kappa shape index (κ3) is 2.75. The van der Waals surface area contributed by atoms with Crippen LogP contribution in [0.15, 0.2) is 59.5 Å². The Morgan fingerprint density at radius 3 is 2.81 bits per heavy atom. The summed E-state index contributed by atoms with van der Waals surface area (Å²) < 4.78 is 10.9. The Kier molecular flexibility index (Phi) is 3.82. The standard InChI is InChI=1S/C20H16BrN5O/c1-13-7-8-16-15(9-13)20-24-23-18(11-27-14-5-3-2-4-6-14)25(20)10-17-19(21)22-12-26(16)17/h2-9,12H,10-11H2,1H3. The number of hydrogen-bond acceptors (Lipinski definition) is 4. The molecule has 0 saturated heterocycles. The molecule has 2 aromatic carbocycles. The van der Waals surface area contributed by atoms with Gasteiger partial charge in [0.25, 0.3) is 0 Å². The van der Waals surface area contributed by atoms with Crippen molar-refractivity contribution in [3.05, 3.63) is 76.5 Å². The fourth-order valence-corrected chi connectivity index (χ4v) is 3.77. The molecule has 27 heavy (non-hydrogen) atoms. The molecule has 0 atom stereocenters. The molecular formula is C20H16BrN5O. The van der Waals surface area contributed by atoms with Crippen molar-refractivity contribution in [1.82, 2.24) is 24.3 Å². The highest BCUT2D eigenvalue weighted by atomic mass is 79.9. The molecule has 0 N–H and O–H groups in total. The first kappa shape index (κ1) is 16.3. The van der Waals surface area contributed by atoms with Gasteiger partial charge >= 0.3 is 0 Å². The van der Waals surface area contributed by atoms with Crippen molar-refractivity contribution in [3.8, 4) is 22.8 Å². The highest BCUT2D eigenvalue weighted by Crippen LogP contribution is 2.34. The number of hydrogen-bond donors (Lipinski definition) is 0. The van der Waals surface area contributed by atoms with Gasteiger partial charge in [-0.1, -0.05) is 29.8 Å². The zero-order valence-corrected chi connectivity index (χ0v) is 16.2. The number of para-hydroxylation sites is 1. The van der Waals surface area contributed by atoms with E-state index < -0.39 is 0 Å². The average molecular weight is 422 g/mol. The molecule has 0 saturated carbocycles. The summed E-state index contributed by atoms with van der Waals surface area (Å²) in [6, 6.07) is 16.1. The van der Waals surface area contributed by atoms with Crippen molar-refractivity contribution in [2.75, 3.05) is 0 Å². The minimum absolute atomic E-state index is 0.351. The Balaban J connectivity index is 1.61. The fraction of sp³-hybridized carbons (Fsp3) is 0.150. The van der Waals surface area contributed by atoms with Crippen molar-refractivity contribution >= 4 is 15.9 Å². The molecule has 0 bridgehead atoms. The Morgan fingerprint density at radius 1 is 1.11 bits per heavy atom. The van der Waals surface area contributed by atoms with Crippen molar-refractivity contribution < 1.29 is 4.74 Å². The average Bonchev–Trinajstić information content (AvgIpc) is 3.22. The maximum Gasteiger partial charge on any atom is 0.171 e. The molecular weight excluding hydrogens is 406 g/mol. The molecule has 1 aliphatic rings. The van der Waals surface area contributed by atoms with Gasteiger partial charge in [-0.2, -0.15) is 0 Å². The lowest BCUT2D eigenvalue weighted by molar-refractivity contribution is 0.290. The van der Waals surface area contributed by atoms with Crippen LogP contribution in [0.5, 0.6) is 5.75 Å². The molecule has 3 heterocycles. The predicted octanol–water partition coefficient (Wildman–Crippen LogP) is 4.14. The number of ether oxygens (including phenoxy) is 1. The summed E-state index contributed by atoms with van der Waals surface area (Å²) in [5.74, 6) is 2.43. The van der Waals surface area contributed by atoms with Gasteiger partial charge in [0.15, 0.2) is 11.6 Å². The zero-order valence-electron chi connectivity index (χ0n) is 14.6. The smallest absolute Gasteiger partial charge is 0.171 e. The van der Waals surface area contributed by atoms with Crippen LogP contribution in [0.4, 0.5) is 0 Å². The lowest BCUT2D eigenvalue weighted by Crippen LogP contribution is -2.10. The third-order valence-corrected chi connectivity index (χ3v) is 5.38. The fourth-order valence-electron chi connectivity index (χ4n) is 3.36. The second-order valence-electron chi connectivity index (χ2n) is 6.50. The highest BCUT2D eigenvalue weighted by molar-refractivity contribution is 9.10. The number of halogens is 1. The number of imidazole rings is 1. The van der Waals surface area contributed by atoms with Crippen LogP contribution in [0, 0.1) is 6.92 Å². The molecule has 0 radical (unpaired) electrons. The molecule has 0 amide bonds. The second kappa shape index (κ2) is 6.35. The van der Waals surface area contributed by atoms with E-state index in [1.807, 2.05) is 36.7 Å². The molecule has 1 aliphatic heterocycles. The number of fused-ring (bicyclic) bond motifs is 5. The van der Waals surface area contributed by atoms with Gasteiger partial charge in [0.05, 0.1) is 17.9 Å². The van der Waals surface area contributed by atoms with Gasteiger partial charge in [-0.25, -0.2) is 4.98 Å². The summed E-state index contributed by atoms with van der Waals surface area (Å²) >= 11 is 3.58. The molecule has 134 valence electrons. The summed E-state index contributed by atoms with van der Waals surface area (Å²) in [4.78, 5) is 4.44. The Labute approximate surface area is 164 Å². The molecule has 0 aliphatic carbocycles. The number of aromatic nitrogens is 5. The molecule has 0 unspecified atom stereocenters. The molecule has 2 aromatic heterocycles. The topological polar surface area (TPSA) is 57.8 Å². The van der Waals surface area contributed by atoms with Crippen LogP contribution >= 0.6 is 15.9 Å². The van der Waals surface area contributed by atoms with Gasteiger partial charge < -0.3 is 9.30 Å². The van der Waals surface area contributed by atoms with Crippen LogP contribution in [0.3, 0.4) is 0 Å². The summed E-state index contributed by atoms with van der Waals surface area (Å²) in [7, 11) is 0. The van der Waals surface area contributed by atoms with Crippen LogP contribution in [0.2, 0.25) is 0 Å². The first-order chi connectivity index (χ1) is 13.2. The lowest BCUT2D eigenvalue weighted by atomic mass is 10.1. The normalized spacial score (nSPS) is 12.1. The van der Waals surface area contributed by atoms with E-state index in [4.69, 9.17) is 4.74 Å². The van der Waals surface area contributed by atoms with Crippen molar-refractivity contribution in [1.29, 1.82) is 0 Å². The minimum atomic E-state index is 0.351. The minimum Gasteiger partial charge on any atom is -0.486 e. The van der Waals surface area contributed by atoms with E-state index >= 15 is 0 Å². The first-order valence-corrected chi connectivity index (χ1v) is 9.43. The SMILES string of the molecule is Cc1ccc2c(c1)-c1nnc(COc3ccccc3)n1Cc1c(Br)ncn1-2. The van der Waals surface area contributed by atoms with E-state index in [0.717, 1.165) is 38.9 Å². The Morgan fingerprint density at radius 2 is 1.96 bits per heavy atom. The number of nitrogens with zero attached hydrogens (tertiary/aromatic N) is 5. The molecule has 7 heteroatoms. The van der Waals surface area contributed by atoms with Crippen LogP contribution in [-0.2, 0) is 13.2 Å². The largest absolute Gasteiger partial charge is 0.486 e. The summed E-state index contributed by atoms with van der Waals surface area (Å²) in [5, 5.41) is 8.90. The Bertz CT molecular complexity index is 1130. The lowest BCUT2D eigenvalue weighted by Gasteiger charge is -2.09. The summed E-state index contributed by atoms with van der Waals surface area (Å²) in [6.45, 7) is 3.05. The molecule has 0 spiro atoms. The third-order valence-electron chi connectivity index (χ3n) is 4.71. The molecule has 0 fully saturated rings. The summed E-state index contributed by atoms with van der Waals surface area (Å²) in [5.41, 5.74) is 4.32. The van der Waals surface area contributed by atoms with Crippen LogP contribution in [-0.4, -0.2) is 24.3 Å². The van der Waals surface area contributed by atoms with E-state index in [1.165, 1.54) is 5.56 Å². The first-order valence-electron chi connectivity index (χ1n) is 8.64. The molecule has 6 nitrogen and oxygen atoms in total. The van der Waals surface area contributed by atoms with E-state index in [-0.39, 0.29) is 0 Å². The van der Waals surface area contributed by atoms with E-state index in [0.29, 0.717) is 13.2 Å². The number of rotatable bonds is 3. The highest BCUT2D eigenvalue weighted by Gasteiger charge is 2.25. The van der Waals surface area contributed by atoms with Crippen LogP contribution in [0.25, 0.3) is 17.1 Å². The Hall–Kier alpha value is -2.93. The van der Waals surface area contributed by atoms with E-state index in [2.05, 4.69) is 65.4 Å². The van der Waals surface area contributed by atoms with Crippen LogP contribution < -0.4 is 4.74 Å². The monoisotopic (exact) mass is 421 g/mol. The van der Waals surface area contributed by atoms with Crippen molar-refractivity contribution in [2.45, 2.75) is 20.1 Å². The second-order valence-corrected chi connectivity index (χ2v) is 7.25. The van der Waals surface area contributed by atoms with Gasteiger partial charge in [0, 0.05) is 5.56 Å².